The Morgan fingerprint density at radius 1 is 1.13 bits per heavy atom. The van der Waals surface area contributed by atoms with Gasteiger partial charge in [-0.2, -0.15) is 10.5 Å². The van der Waals surface area contributed by atoms with Gasteiger partial charge < -0.3 is 25.6 Å². The summed E-state index contributed by atoms with van der Waals surface area (Å²) in [4.78, 5) is 18.5. The van der Waals surface area contributed by atoms with Gasteiger partial charge in [0.05, 0.1) is 12.2 Å². The third-order valence-corrected chi connectivity index (χ3v) is 7.20. The Morgan fingerprint density at radius 3 is 2.47 bits per heavy atom. The highest BCUT2D eigenvalue weighted by molar-refractivity contribution is 7.98. The van der Waals surface area contributed by atoms with Crippen molar-refractivity contribution in [1.29, 1.82) is 10.5 Å². The van der Waals surface area contributed by atoms with Gasteiger partial charge in [0.15, 0.2) is 0 Å². The number of aromatic nitrogens is 1. The molecule has 1 amide bonds. The van der Waals surface area contributed by atoms with Crippen molar-refractivity contribution in [3.05, 3.63) is 70.8 Å². The zero-order chi connectivity index (χ0) is 27.1. The van der Waals surface area contributed by atoms with Gasteiger partial charge in [-0.05, 0) is 48.2 Å². The van der Waals surface area contributed by atoms with E-state index < -0.39 is 18.6 Å². The molecule has 4 N–H and O–H groups in total. The number of carbonyl (C=O) groups excluding carboxylic acids is 1. The van der Waals surface area contributed by atoms with E-state index in [-0.39, 0.29) is 6.61 Å². The molecule has 1 atom stereocenters. The fourth-order valence-corrected chi connectivity index (χ4v) is 5.17. The highest BCUT2D eigenvalue weighted by Crippen LogP contribution is 2.39. The average molecular weight is 530 g/mol. The molecule has 0 radical (unpaired) electrons. The molecule has 3 aromatic rings. The molecule has 1 aliphatic heterocycles. The lowest BCUT2D eigenvalue weighted by Crippen LogP contribution is -2.21. The van der Waals surface area contributed by atoms with E-state index in [0.717, 1.165) is 31.5 Å². The van der Waals surface area contributed by atoms with Crippen LogP contribution in [0.4, 0.5) is 5.82 Å². The summed E-state index contributed by atoms with van der Waals surface area (Å²) in [6.45, 7) is 1.09. The highest BCUT2D eigenvalue weighted by Gasteiger charge is 2.26. The predicted molar refractivity (Wildman–Crippen MR) is 144 cm³/mol. The van der Waals surface area contributed by atoms with Gasteiger partial charge in [-0.1, -0.05) is 24.3 Å². The molecule has 0 spiro atoms. The molecule has 2 aromatic carbocycles. The van der Waals surface area contributed by atoms with E-state index in [0.29, 0.717) is 50.2 Å². The third kappa shape index (κ3) is 6.06. The molecule has 1 fully saturated rings. The standard InChI is InChI=1S/C28H27N5O4S/c29-13-23-25(19-6-8-22(9-7-19)37-16-21(35)15-34)24(14-30)28(32-27(23)33-10-1-2-11-33)38-17-18-4-3-5-20(12-18)26(31)36/h3-9,12,21,34-35H,1-2,10-11,15-17H2,(H2,31,36)/t21-/m1/s1. The van der Waals surface area contributed by atoms with Gasteiger partial charge in [0.1, 0.15) is 47.0 Å². The number of aliphatic hydroxyl groups excluding tert-OH is 2. The van der Waals surface area contributed by atoms with Crippen LogP contribution in [-0.2, 0) is 5.75 Å². The molecule has 0 saturated carbocycles. The van der Waals surface area contributed by atoms with E-state index >= 15 is 0 Å². The normalized spacial score (nSPS) is 13.5. The Bertz CT molecular complexity index is 1390. The van der Waals surface area contributed by atoms with Crippen molar-refractivity contribution in [2.45, 2.75) is 29.7 Å². The third-order valence-electron chi connectivity index (χ3n) is 6.16. The molecule has 2 heterocycles. The summed E-state index contributed by atoms with van der Waals surface area (Å²) < 4.78 is 5.51. The van der Waals surface area contributed by atoms with E-state index in [4.69, 9.17) is 20.6 Å². The minimum atomic E-state index is -0.989. The molecule has 10 heteroatoms. The SMILES string of the molecule is N#Cc1c(SCc2cccc(C(N)=O)c2)nc(N2CCCC2)c(C#N)c1-c1ccc(OC[C@H](O)CO)cc1. The maximum absolute atomic E-state index is 11.6. The van der Waals surface area contributed by atoms with Gasteiger partial charge in [-0.15, -0.1) is 11.8 Å². The number of anilines is 1. The molecule has 0 unspecified atom stereocenters. The number of nitriles is 2. The second kappa shape index (κ2) is 12.4. The highest BCUT2D eigenvalue weighted by atomic mass is 32.2. The predicted octanol–water partition coefficient (Wildman–Crippen LogP) is 3.22. The van der Waals surface area contributed by atoms with E-state index in [1.807, 2.05) is 6.07 Å². The number of carbonyl (C=O) groups is 1. The summed E-state index contributed by atoms with van der Waals surface area (Å²) in [5.41, 5.74) is 8.49. The van der Waals surface area contributed by atoms with Crippen molar-refractivity contribution in [1.82, 2.24) is 4.98 Å². The van der Waals surface area contributed by atoms with E-state index in [2.05, 4.69) is 17.0 Å². The fourth-order valence-electron chi connectivity index (χ4n) is 4.24. The van der Waals surface area contributed by atoms with Crippen LogP contribution in [0.3, 0.4) is 0 Å². The molecule has 1 aromatic heterocycles. The van der Waals surface area contributed by atoms with Crippen LogP contribution >= 0.6 is 11.8 Å². The molecular formula is C28H27N5O4S. The van der Waals surface area contributed by atoms with Crippen molar-refractivity contribution >= 4 is 23.5 Å². The van der Waals surface area contributed by atoms with E-state index in [1.165, 1.54) is 11.8 Å². The number of rotatable bonds is 10. The second-order valence-corrected chi connectivity index (χ2v) is 9.77. The second-order valence-electron chi connectivity index (χ2n) is 8.81. The Hall–Kier alpha value is -4.09. The summed E-state index contributed by atoms with van der Waals surface area (Å²) in [6, 6.07) is 18.5. The molecule has 9 nitrogen and oxygen atoms in total. The van der Waals surface area contributed by atoms with Crippen molar-refractivity contribution in [2.75, 3.05) is 31.2 Å². The monoisotopic (exact) mass is 529 g/mol. The number of ether oxygens (including phenoxy) is 1. The average Bonchev–Trinajstić information content (AvgIpc) is 3.49. The van der Waals surface area contributed by atoms with Crippen LogP contribution in [0.25, 0.3) is 11.1 Å². The molecule has 1 saturated heterocycles. The summed E-state index contributed by atoms with van der Waals surface area (Å²) in [6.07, 6.45) is 1.00. The molecule has 4 rings (SSSR count). The van der Waals surface area contributed by atoms with Gasteiger partial charge in [0.2, 0.25) is 5.91 Å². The van der Waals surface area contributed by atoms with Crippen molar-refractivity contribution in [3.63, 3.8) is 0 Å². The number of thioether (sulfide) groups is 1. The molecule has 38 heavy (non-hydrogen) atoms. The zero-order valence-electron chi connectivity index (χ0n) is 20.6. The Kier molecular flexibility index (Phi) is 8.82. The molecule has 194 valence electrons. The number of pyridine rings is 1. The van der Waals surface area contributed by atoms with Gasteiger partial charge in [0, 0.05) is 30.0 Å². The number of amides is 1. The van der Waals surface area contributed by atoms with Crippen molar-refractivity contribution < 1.29 is 19.7 Å². The minimum absolute atomic E-state index is 0.0607. The number of benzene rings is 2. The first-order valence-electron chi connectivity index (χ1n) is 12.1. The lowest BCUT2D eigenvalue weighted by atomic mass is 9.96. The summed E-state index contributed by atoms with van der Waals surface area (Å²) in [5.74, 6) is 0.978. The zero-order valence-corrected chi connectivity index (χ0v) is 21.4. The quantitative estimate of drug-likeness (QED) is 0.336. The molecule has 0 aliphatic carbocycles. The lowest BCUT2D eigenvalue weighted by molar-refractivity contribution is 0.0536. The Balaban J connectivity index is 1.75. The smallest absolute Gasteiger partial charge is 0.248 e. The van der Waals surface area contributed by atoms with Crippen LogP contribution in [0, 0.1) is 22.7 Å². The van der Waals surface area contributed by atoms with Crippen LogP contribution in [0.1, 0.15) is 39.9 Å². The molecular weight excluding hydrogens is 502 g/mol. The topological polar surface area (TPSA) is 156 Å². The van der Waals surface area contributed by atoms with E-state index in [9.17, 15) is 20.4 Å². The van der Waals surface area contributed by atoms with Gasteiger partial charge in [0.25, 0.3) is 0 Å². The minimum Gasteiger partial charge on any atom is -0.491 e. The maximum Gasteiger partial charge on any atom is 0.248 e. The van der Waals surface area contributed by atoms with Crippen LogP contribution in [0.2, 0.25) is 0 Å². The van der Waals surface area contributed by atoms with Crippen LogP contribution in [0.15, 0.2) is 53.6 Å². The van der Waals surface area contributed by atoms with Gasteiger partial charge in [-0.25, -0.2) is 4.98 Å². The molecule has 1 aliphatic rings. The first-order valence-corrected chi connectivity index (χ1v) is 13.1. The summed E-state index contributed by atoms with van der Waals surface area (Å²) >= 11 is 1.37. The van der Waals surface area contributed by atoms with Gasteiger partial charge in [-0.3, -0.25) is 4.79 Å². The number of hydrogen-bond donors (Lipinski definition) is 3. The summed E-state index contributed by atoms with van der Waals surface area (Å²) in [5, 5.41) is 39.4. The van der Waals surface area contributed by atoms with Crippen LogP contribution < -0.4 is 15.4 Å². The number of aliphatic hydroxyl groups is 2. The molecule has 0 bridgehead atoms. The lowest BCUT2D eigenvalue weighted by Gasteiger charge is -2.22. The van der Waals surface area contributed by atoms with E-state index in [1.54, 1.807) is 42.5 Å². The first kappa shape index (κ1) is 27.0. The van der Waals surface area contributed by atoms with Crippen molar-refractivity contribution in [3.8, 4) is 29.0 Å². The number of nitrogens with two attached hydrogens (primary N) is 1. The number of nitrogens with zero attached hydrogens (tertiary/aromatic N) is 4. The van der Waals surface area contributed by atoms with Crippen LogP contribution in [-0.4, -0.2) is 53.5 Å². The van der Waals surface area contributed by atoms with Crippen LogP contribution in [0.5, 0.6) is 5.75 Å². The largest absolute Gasteiger partial charge is 0.491 e. The maximum atomic E-state index is 11.6. The fraction of sp³-hybridized carbons (Fsp3) is 0.286. The number of hydrogen-bond acceptors (Lipinski definition) is 9. The van der Waals surface area contributed by atoms with Crippen molar-refractivity contribution in [2.24, 2.45) is 5.73 Å². The number of primary amides is 1. The first-order chi connectivity index (χ1) is 18.4. The van der Waals surface area contributed by atoms with Gasteiger partial charge >= 0.3 is 0 Å². The Labute approximate surface area is 225 Å². The Morgan fingerprint density at radius 2 is 1.84 bits per heavy atom. The summed E-state index contributed by atoms with van der Waals surface area (Å²) in [7, 11) is 0.